The maximum absolute atomic E-state index is 12.5. The Bertz CT molecular complexity index is 311. The molecule has 4 heteroatoms. The summed E-state index contributed by atoms with van der Waals surface area (Å²) in [6.45, 7) is 6.46. The Labute approximate surface area is 129 Å². The van der Waals surface area contributed by atoms with Crippen molar-refractivity contribution in [2.24, 2.45) is 17.6 Å². The van der Waals surface area contributed by atoms with Gasteiger partial charge in [-0.15, -0.1) is 0 Å². The first-order chi connectivity index (χ1) is 10.2. The minimum atomic E-state index is 0.240. The molecule has 122 valence electrons. The summed E-state index contributed by atoms with van der Waals surface area (Å²) in [7, 11) is 0. The van der Waals surface area contributed by atoms with Crippen LogP contribution in [0.4, 0.5) is 0 Å². The number of carbonyl (C=O) groups excluding carboxylic acids is 1. The standard InChI is InChI=1S/C17H33N3O/c1-2-10-20-11-7-16(8-12-20)19-17(21)15-5-3-4-14(13-15)6-9-18/h14-16H,2-13,18H2,1H3,(H,19,21). The first-order valence-electron chi connectivity index (χ1n) is 8.95. The molecular formula is C17H33N3O. The number of nitrogens with two attached hydrogens (primary N) is 1. The summed E-state index contributed by atoms with van der Waals surface area (Å²) in [5, 5.41) is 3.32. The van der Waals surface area contributed by atoms with Crippen molar-refractivity contribution in [1.82, 2.24) is 10.2 Å². The van der Waals surface area contributed by atoms with Gasteiger partial charge in [-0.25, -0.2) is 0 Å². The second-order valence-corrected chi connectivity index (χ2v) is 6.93. The average Bonchev–Trinajstić information content (AvgIpc) is 2.50. The highest BCUT2D eigenvalue weighted by molar-refractivity contribution is 5.79. The molecule has 0 aromatic heterocycles. The van der Waals surface area contributed by atoms with E-state index in [1.54, 1.807) is 0 Å². The Hall–Kier alpha value is -0.610. The Morgan fingerprint density at radius 1 is 1.24 bits per heavy atom. The van der Waals surface area contributed by atoms with Gasteiger partial charge in [-0.1, -0.05) is 19.8 Å². The smallest absolute Gasteiger partial charge is 0.223 e. The first-order valence-corrected chi connectivity index (χ1v) is 8.95. The molecule has 0 bridgehead atoms. The van der Waals surface area contributed by atoms with Crippen molar-refractivity contribution in [3.05, 3.63) is 0 Å². The lowest BCUT2D eigenvalue weighted by molar-refractivity contribution is -0.127. The summed E-state index contributed by atoms with van der Waals surface area (Å²) < 4.78 is 0. The quantitative estimate of drug-likeness (QED) is 0.789. The molecule has 4 nitrogen and oxygen atoms in total. The summed E-state index contributed by atoms with van der Waals surface area (Å²) in [5.41, 5.74) is 5.66. The molecule has 0 aromatic carbocycles. The van der Waals surface area contributed by atoms with Crippen LogP contribution in [0.2, 0.25) is 0 Å². The van der Waals surface area contributed by atoms with Crippen molar-refractivity contribution in [2.45, 2.75) is 64.3 Å². The van der Waals surface area contributed by atoms with Crippen LogP contribution < -0.4 is 11.1 Å². The predicted octanol–water partition coefficient (Wildman–Crippen LogP) is 2.13. The fraction of sp³-hybridized carbons (Fsp3) is 0.941. The number of likely N-dealkylation sites (tertiary alicyclic amines) is 1. The van der Waals surface area contributed by atoms with E-state index in [2.05, 4.69) is 17.1 Å². The highest BCUT2D eigenvalue weighted by Crippen LogP contribution is 2.31. The fourth-order valence-electron chi connectivity index (χ4n) is 3.96. The Kier molecular flexibility index (Phi) is 6.97. The van der Waals surface area contributed by atoms with Gasteiger partial charge in [0.2, 0.25) is 5.91 Å². The molecule has 0 aromatic rings. The zero-order chi connectivity index (χ0) is 15.1. The van der Waals surface area contributed by atoms with Crippen molar-refractivity contribution in [2.75, 3.05) is 26.2 Å². The fourth-order valence-corrected chi connectivity index (χ4v) is 3.96. The predicted molar refractivity (Wildman–Crippen MR) is 87.0 cm³/mol. The van der Waals surface area contributed by atoms with Crippen LogP contribution in [-0.2, 0) is 4.79 Å². The van der Waals surface area contributed by atoms with Crippen LogP contribution in [0.5, 0.6) is 0 Å². The van der Waals surface area contributed by atoms with Crippen LogP contribution in [0.25, 0.3) is 0 Å². The number of hydrogen-bond acceptors (Lipinski definition) is 3. The van der Waals surface area contributed by atoms with Crippen molar-refractivity contribution in [3.63, 3.8) is 0 Å². The summed E-state index contributed by atoms with van der Waals surface area (Å²) in [5.74, 6) is 1.22. The van der Waals surface area contributed by atoms with Crippen molar-refractivity contribution < 1.29 is 4.79 Å². The highest BCUT2D eigenvalue weighted by atomic mass is 16.1. The van der Waals surface area contributed by atoms with Gasteiger partial charge in [0.25, 0.3) is 0 Å². The lowest BCUT2D eigenvalue weighted by Crippen LogP contribution is -2.47. The number of hydrogen-bond donors (Lipinski definition) is 2. The van der Waals surface area contributed by atoms with E-state index in [9.17, 15) is 4.79 Å². The van der Waals surface area contributed by atoms with E-state index in [4.69, 9.17) is 5.73 Å². The molecule has 21 heavy (non-hydrogen) atoms. The third-order valence-electron chi connectivity index (χ3n) is 5.20. The first kappa shape index (κ1) is 16.8. The molecule has 3 N–H and O–H groups in total. The number of nitrogens with one attached hydrogen (secondary N) is 1. The molecule has 1 saturated heterocycles. The molecule has 1 saturated carbocycles. The number of amides is 1. The second-order valence-electron chi connectivity index (χ2n) is 6.93. The lowest BCUT2D eigenvalue weighted by Gasteiger charge is -2.34. The zero-order valence-corrected chi connectivity index (χ0v) is 13.7. The van der Waals surface area contributed by atoms with E-state index in [0.717, 1.165) is 51.7 Å². The molecule has 2 atom stereocenters. The second kappa shape index (κ2) is 8.74. The molecule has 1 aliphatic heterocycles. The normalized spacial score (nSPS) is 28.5. The summed E-state index contributed by atoms with van der Waals surface area (Å²) in [6, 6.07) is 0.403. The molecule has 1 heterocycles. The van der Waals surface area contributed by atoms with Crippen molar-refractivity contribution >= 4 is 5.91 Å². The van der Waals surface area contributed by atoms with Crippen LogP contribution in [0.3, 0.4) is 0 Å². The van der Waals surface area contributed by atoms with E-state index in [1.165, 1.54) is 25.8 Å². The molecule has 1 aliphatic carbocycles. The molecule has 2 rings (SSSR count). The van der Waals surface area contributed by atoms with Gasteiger partial charge in [0.1, 0.15) is 0 Å². The zero-order valence-electron chi connectivity index (χ0n) is 13.7. The summed E-state index contributed by atoms with van der Waals surface area (Å²) in [6.07, 6.45) is 9.11. The molecule has 2 unspecified atom stereocenters. The molecule has 0 radical (unpaired) electrons. The summed E-state index contributed by atoms with van der Waals surface area (Å²) in [4.78, 5) is 15.0. The Morgan fingerprint density at radius 3 is 2.67 bits per heavy atom. The van der Waals surface area contributed by atoms with Crippen LogP contribution in [0.1, 0.15) is 58.3 Å². The van der Waals surface area contributed by atoms with Crippen LogP contribution in [0, 0.1) is 11.8 Å². The van der Waals surface area contributed by atoms with Crippen LogP contribution in [0.15, 0.2) is 0 Å². The average molecular weight is 295 g/mol. The van der Waals surface area contributed by atoms with Gasteiger partial charge in [-0.3, -0.25) is 4.79 Å². The van der Waals surface area contributed by atoms with Gasteiger partial charge in [0, 0.05) is 25.0 Å². The Morgan fingerprint density at radius 2 is 2.00 bits per heavy atom. The van der Waals surface area contributed by atoms with E-state index < -0.39 is 0 Å². The SMILES string of the molecule is CCCN1CCC(NC(=O)C2CCCC(CCN)C2)CC1. The lowest BCUT2D eigenvalue weighted by atomic mass is 9.79. The number of nitrogens with zero attached hydrogens (tertiary/aromatic N) is 1. The number of piperidine rings is 1. The van der Waals surface area contributed by atoms with Gasteiger partial charge in [0.05, 0.1) is 0 Å². The van der Waals surface area contributed by atoms with Gasteiger partial charge in [-0.05, 0) is 57.5 Å². The molecule has 2 aliphatic rings. The minimum absolute atomic E-state index is 0.240. The van der Waals surface area contributed by atoms with Crippen LogP contribution >= 0.6 is 0 Å². The largest absolute Gasteiger partial charge is 0.353 e. The maximum Gasteiger partial charge on any atom is 0.223 e. The number of carbonyl (C=O) groups is 1. The van der Waals surface area contributed by atoms with Crippen molar-refractivity contribution in [3.8, 4) is 0 Å². The van der Waals surface area contributed by atoms with Gasteiger partial charge in [-0.2, -0.15) is 0 Å². The highest BCUT2D eigenvalue weighted by Gasteiger charge is 2.29. The molecule has 0 spiro atoms. The molecule has 1 amide bonds. The van der Waals surface area contributed by atoms with E-state index >= 15 is 0 Å². The third kappa shape index (κ3) is 5.26. The van der Waals surface area contributed by atoms with E-state index in [0.29, 0.717) is 17.9 Å². The van der Waals surface area contributed by atoms with E-state index in [-0.39, 0.29) is 5.92 Å². The maximum atomic E-state index is 12.5. The van der Waals surface area contributed by atoms with Crippen molar-refractivity contribution in [1.29, 1.82) is 0 Å². The monoisotopic (exact) mass is 295 g/mol. The third-order valence-corrected chi connectivity index (χ3v) is 5.20. The van der Waals surface area contributed by atoms with Gasteiger partial charge in [0.15, 0.2) is 0 Å². The van der Waals surface area contributed by atoms with Crippen LogP contribution in [-0.4, -0.2) is 43.0 Å². The van der Waals surface area contributed by atoms with Gasteiger partial charge < -0.3 is 16.0 Å². The number of rotatable bonds is 6. The minimum Gasteiger partial charge on any atom is -0.353 e. The molecule has 2 fully saturated rings. The van der Waals surface area contributed by atoms with Gasteiger partial charge >= 0.3 is 0 Å². The topological polar surface area (TPSA) is 58.4 Å². The Balaban J connectivity index is 1.71. The molecular weight excluding hydrogens is 262 g/mol. The van der Waals surface area contributed by atoms with E-state index in [1.807, 2.05) is 0 Å². The summed E-state index contributed by atoms with van der Waals surface area (Å²) >= 11 is 0.